The van der Waals surface area contributed by atoms with Crippen molar-refractivity contribution in [2.45, 2.75) is 44.8 Å². The van der Waals surface area contributed by atoms with Gasteiger partial charge in [0.05, 0.1) is 0 Å². The molecule has 0 aromatic carbocycles. The molecule has 0 saturated carbocycles. The SMILES string of the molecule is CC(C)(C)NCC1(F)CCCNC1. The first kappa shape index (κ1) is 10.9. The fourth-order valence-corrected chi connectivity index (χ4v) is 1.51. The van der Waals surface area contributed by atoms with E-state index < -0.39 is 5.67 Å². The molecule has 0 bridgehead atoms. The highest BCUT2D eigenvalue weighted by molar-refractivity contribution is 4.89. The molecule has 1 atom stereocenters. The van der Waals surface area contributed by atoms with Crippen LogP contribution in [0.15, 0.2) is 0 Å². The highest BCUT2D eigenvalue weighted by atomic mass is 19.1. The molecular weight excluding hydrogens is 167 g/mol. The molecule has 3 heteroatoms. The summed E-state index contributed by atoms with van der Waals surface area (Å²) in [5, 5.41) is 6.31. The van der Waals surface area contributed by atoms with Crippen LogP contribution in [-0.4, -0.2) is 30.8 Å². The standard InChI is InChI=1S/C10H21FN2/c1-9(2,3)13-8-10(11)5-4-6-12-7-10/h12-13H,4-8H2,1-3H3. The summed E-state index contributed by atoms with van der Waals surface area (Å²) in [6.45, 7) is 8.10. The third kappa shape index (κ3) is 4.05. The van der Waals surface area contributed by atoms with Crippen LogP contribution in [0.25, 0.3) is 0 Å². The molecule has 1 unspecified atom stereocenters. The second-order valence-corrected chi connectivity index (χ2v) is 5.03. The fraction of sp³-hybridized carbons (Fsp3) is 1.00. The lowest BCUT2D eigenvalue weighted by Crippen LogP contribution is -2.52. The average molecular weight is 188 g/mol. The summed E-state index contributed by atoms with van der Waals surface area (Å²) in [6, 6.07) is 0. The van der Waals surface area contributed by atoms with Crippen LogP contribution in [0, 0.1) is 0 Å². The average Bonchev–Trinajstić information content (AvgIpc) is 2.02. The number of piperidine rings is 1. The summed E-state index contributed by atoms with van der Waals surface area (Å²) in [7, 11) is 0. The van der Waals surface area contributed by atoms with Crippen LogP contribution in [0.5, 0.6) is 0 Å². The smallest absolute Gasteiger partial charge is 0.135 e. The third-order valence-electron chi connectivity index (χ3n) is 2.36. The van der Waals surface area contributed by atoms with Gasteiger partial charge in [-0.2, -0.15) is 0 Å². The Labute approximate surface area is 80.3 Å². The van der Waals surface area contributed by atoms with Gasteiger partial charge in [-0.1, -0.05) is 0 Å². The van der Waals surface area contributed by atoms with Crippen molar-refractivity contribution in [3.8, 4) is 0 Å². The maximum Gasteiger partial charge on any atom is 0.135 e. The Hall–Kier alpha value is -0.150. The fourth-order valence-electron chi connectivity index (χ4n) is 1.51. The van der Waals surface area contributed by atoms with E-state index in [1.54, 1.807) is 0 Å². The van der Waals surface area contributed by atoms with Crippen molar-refractivity contribution in [1.29, 1.82) is 0 Å². The summed E-state index contributed by atoms with van der Waals surface area (Å²) < 4.78 is 14.0. The van der Waals surface area contributed by atoms with Crippen molar-refractivity contribution in [1.82, 2.24) is 10.6 Å². The molecule has 1 aliphatic rings. The molecule has 78 valence electrons. The lowest BCUT2D eigenvalue weighted by atomic mass is 9.95. The Kier molecular flexibility index (Phi) is 3.30. The van der Waals surface area contributed by atoms with E-state index >= 15 is 0 Å². The molecule has 1 fully saturated rings. The number of hydrogen-bond acceptors (Lipinski definition) is 2. The van der Waals surface area contributed by atoms with Crippen LogP contribution >= 0.6 is 0 Å². The summed E-state index contributed by atoms with van der Waals surface area (Å²) in [5.74, 6) is 0. The van der Waals surface area contributed by atoms with Crippen molar-refractivity contribution < 1.29 is 4.39 Å². The Morgan fingerprint density at radius 2 is 2.15 bits per heavy atom. The Morgan fingerprint density at radius 1 is 1.46 bits per heavy atom. The molecule has 0 aromatic rings. The Morgan fingerprint density at radius 3 is 2.62 bits per heavy atom. The van der Waals surface area contributed by atoms with Crippen LogP contribution in [0.2, 0.25) is 0 Å². The minimum absolute atomic E-state index is 0.0105. The summed E-state index contributed by atoms with van der Waals surface area (Å²) in [6.07, 6.45) is 1.63. The summed E-state index contributed by atoms with van der Waals surface area (Å²) in [4.78, 5) is 0. The highest BCUT2D eigenvalue weighted by Gasteiger charge is 2.32. The van der Waals surface area contributed by atoms with E-state index in [1.807, 2.05) is 0 Å². The van der Waals surface area contributed by atoms with Gasteiger partial charge in [0.25, 0.3) is 0 Å². The summed E-state index contributed by atoms with van der Waals surface area (Å²) >= 11 is 0. The maximum absolute atomic E-state index is 14.0. The van der Waals surface area contributed by atoms with Crippen LogP contribution in [0.3, 0.4) is 0 Å². The number of nitrogens with one attached hydrogen (secondary N) is 2. The van der Waals surface area contributed by atoms with Crippen LogP contribution < -0.4 is 10.6 Å². The van der Waals surface area contributed by atoms with Gasteiger partial charge in [0, 0.05) is 18.6 Å². The molecule has 2 N–H and O–H groups in total. The van der Waals surface area contributed by atoms with Gasteiger partial charge in [0.15, 0.2) is 0 Å². The molecule has 0 aromatic heterocycles. The zero-order valence-electron chi connectivity index (χ0n) is 8.91. The molecule has 13 heavy (non-hydrogen) atoms. The van der Waals surface area contributed by atoms with Crippen molar-refractivity contribution in [3.63, 3.8) is 0 Å². The maximum atomic E-state index is 14.0. The van der Waals surface area contributed by atoms with Gasteiger partial charge in [0.2, 0.25) is 0 Å². The van der Waals surface area contributed by atoms with E-state index in [9.17, 15) is 4.39 Å². The van der Waals surface area contributed by atoms with E-state index in [1.165, 1.54) is 0 Å². The lowest BCUT2D eigenvalue weighted by Gasteiger charge is -2.33. The molecule has 1 heterocycles. The van der Waals surface area contributed by atoms with E-state index in [2.05, 4.69) is 31.4 Å². The van der Waals surface area contributed by atoms with Crippen molar-refractivity contribution >= 4 is 0 Å². The van der Waals surface area contributed by atoms with Crippen molar-refractivity contribution in [2.24, 2.45) is 0 Å². The predicted molar refractivity (Wildman–Crippen MR) is 53.7 cm³/mol. The first-order valence-electron chi connectivity index (χ1n) is 5.06. The molecule has 0 spiro atoms. The second-order valence-electron chi connectivity index (χ2n) is 5.03. The molecular formula is C10H21FN2. The largest absolute Gasteiger partial charge is 0.313 e. The van der Waals surface area contributed by atoms with Gasteiger partial charge >= 0.3 is 0 Å². The van der Waals surface area contributed by atoms with E-state index in [-0.39, 0.29) is 5.54 Å². The Bertz CT molecular complexity index is 157. The first-order valence-corrected chi connectivity index (χ1v) is 5.06. The van der Waals surface area contributed by atoms with E-state index in [0.717, 1.165) is 13.0 Å². The van der Waals surface area contributed by atoms with E-state index in [4.69, 9.17) is 0 Å². The number of halogens is 1. The van der Waals surface area contributed by atoms with Gasteiger partial charge in [-0.15, -0.1) is 0 Å². The number of rotatable bonds is 2. The van der Waals surface area contributed by atoms with Gasteiger partial charge in [-0.25, -0.2) is 4.39 Å². The Balaban J connectivity index is 2.33. The minimum atomic E-state index is -1.04. The second kappa shape index (κ2) is 3.93. The van der Waals surface area contributed by atoms with Gasteiger partial charge < -0.3 is 10.6 Å². The minimum Gasteiger partial charge on any atom is -0.313 e. The predicted octanol–water partition coefficient (Wildman–Crippen LogP) is 1.47. The molecule has 1 rings (SSSR count). The van der Waals surface area contributed by atoms with Crippen LogP contribution in [0.4, 0.5) is 4.39 Å². The molecule has 1 aliphatic heterocycles. The van der Waals surface area contributed by atoms with E-state index in [0.29, 0.717) is 19.5 Å². The quantitative estimate of drug-likeness (QED) is 0.685. The highest BCUT2D eigenvalue weighted by Crippen LogP contribution is 2.20. The monoisotopic (exact) mass is 188 g/mol. The third-order valence-corrected chi connectivity index (χ3v) is 2.36. The molecule has 0 amide bonds. The molecule has 0 radical (unpaired) electrons. The van der Waals surface area contributed by atoms with Gasteiger partial charge in [0.1, 0.15) is 5.67 Å². The van der Waals surface area contributed by atoms with Crippen LogP contribution in [-0.2, 0) is 0 Å². The van der Waals surface area contributed by atoms with Gasteiger partial charge in [-0.3, -0.25) is 0 Å². The molecule has 2 nitrogen and oxygen atoms in total. The van der Waals surface area contributed by atoms with Crippen molar-refractivity contribution in [3.05, 3.63) is 0 Å². The van der Waals surface area contributed by atoms with Crippen LogP contribution in [0.1, 0.15) is 33.6 Å². The zero-order valence-corrected chi connectivity index (χ0v) is 8.91. The molecule has 0 aliphatic carbocycles. The topological polar surface area (TPSA) is 24.1 Å². The summed E-state index contributed by atoms with van der Waals surface area (Å²) in [5.41, 5.74) is -1.03. The number of hydrogen-bond donors (Lipinski definition) is 2. The van der Waals surface area contributed by atoms with Gasteiger partial charge in [-0.05, 0) is 40.2 Å². The first-order chi connectivity index (χ1) is 5.91. The normalized spacial score (nSPS) is 30.5. The van der Waals surface area contributed by atoms with Crippen molar-refractivity contribution in [2.75, 3.05) is 19.6 Å². The molecule has 1 saturated heterocycles. The lowest BCUT2D eigenvalue weighted by molar-refractivity contribution is 0.111. The zero-order chi connectivity index (χ0) is 9.95. The number of alkyl halides is 1.